The molecular weight excluding hydrogens is 320 g/mol. The van der Waals surface area contributed by atoms with Gasteiger partial charge in [0, 0.05) is 23.9 Å². The summed E-state index contributed by atoms with van der Waals surface area (Å²) in [5.41, 5.74) is 2.22. The number of pyridine rings is 1. The zero-order valence-electron chi connectivity index (χ0n) is 14.2. The summed E-state index contributed by atoms with van der Waals surface area (Å²) in [5, 5.41) is 12.2. The molecular formula is C19H22N2O2S. The Balaban J connectivity index is 1.89. The number of aromatic nitrogens is 1. The van der Waals surface area contributed by atoms with Crippen molar-refractivity contribution in [1.82, 2.24) is 0 Å². The molecule has 0 N–H and O–H groups in total. The molecule has 1 aromatic heterocycles. The van der Waals surface area contributed by atoms with E-state index in [4.69, 9.17) is 0 Å². The van der Waals surface area contributed by atoms with Gasteiger partial charge in [-0.15, -0.1) is 0 Å². The van der Waals surface area contributed by atoms with Gasteiger partial charge >= 0.3 is 0 Å². The third-order valence-corrected chi connectivity index (χ3v) is 5.89. The van der Waals surface area contributed by atoms with E-state index in [2.05, 4.69) is 13.0 Å². The lowest BCUT2D eigenvalue weighted by Crippen LogP contribution is -2.44. The second-order valence-corrected chi connectivity index (χ2v) is 7.70. The highest BCUT2D eigenvalue weighted by Crippen LogP contribution is 2.36. The van der Waals surface area contributed by atoms with E-state index < -0.39 is 0 Å². The smallest absolute Gasteiger partial charge is 0.252 e. The molecule has 1 aromatic carbocycles. The zero-order valence-corrected chi connectivity index (χ0v) is 15.0. The van der Waals surface area contributed by atoms with E-state index in [9.17, 15) is 10.0 Å². The number of hydrogen-bond acceptors (Lipinski definition) is 3. The largest absolute Gasteiger partial charge is 0.618 e. The third kappa shape index (κ3) is 3.13. The van der Waals surface area contributed by atoms with Crippen molar-refractivity contribution in [3.05, 3.63) is 59.4 Å². The molecule has 2 atom stereocenters. The summed E-state index contributed by atoms with van der Waals surface area (Å²) in [6, 6.07) is 13.5. The summed E-state index contributed by atoms with van der Waals surface area (Å²) in [6.45, 7) is 6.14. The molecule has 2 aromatic rings. The van der Waals surface area contributed by atoms with Crippen LogP contribution in [0.25, 0.3) is 0 Å². The average Bonchev–Trinajstić information content (AvgIpc) is 2.89. The highest BCUT2D eigenvalue weighted by molar-refractivity contribution is 8.00. The van der Waals surface area contributed by atoms with Crippen LogP contribution in [0.1, 0.15) is 26.3 Å². The van der Waals surface area contributed by atoms with Crippen LogP contribution in [0.2, 0.25) is 0 Å². The highest BCUT2D eigenvalue weighted by atomic mass is 32.2. The molecule has 24 heavy (non-hydrogen) atoms. The molecule has 0 saturated carbocycles. The van der Waals surface area contributed by atoms with E-state index >= 15 is 0 Å². The number of rotatable bonds is 4. The topological polar surface area (TPSA) is 47.2 Å². The van der Waals surface area contributed by atoms with Gasteiger partial charge in [-0.3, -0.25) is 4.79 Å². The molecule has 0 bridgehead atoms. The first-order chi connectivity index (χ1) is 11.5. The van der Waals surface area contributed by atoms with Crippen molar-refractivity contribution in [3.63, 3.8) is 0 Å². The maximum Gasteiger partial charge on any atom is 0.252 e. The lowest BCUT2D eigenvalue weighted by atomic mass is 10.1. The van der Waals surface area contributed by atoms with Gasteiger partial charge in [-0.25, -0.2) is 0 Å². The van der Waals surface area contributed by atoms with Gasteiger partial charge in [-0.05, 0) is 48.7 Å². The van der Waals surface area contributed by atoms with Gasteiger partial charge in [0.05, 0.1) is 5.25 Å². The van der Waals surface area contributed by atoms with Crippen molar-refractivity contribution in [1.29, 1.82) is 0 Å². The molecule has 5 heteroatoms. The number of hydrogen-bond donors (Lipinski definition) is 0. The number of para-hydroxylation sites is 1. The normalized spacial score (nSPS) is 17.8. The molecule has 0 spiro atoms. The molecule has 1 aliphatic heterocycles. The number of carbonyl (C=O) groups is 1. The Bertz CT molecular complexity index is 748. The Hall–Kier alpha value is -2.01. The maximum absolute atomic E-state index is 13.3. The lowest BCUT2D eigenvalue weighted by Gasteiger charge is -2.28. The molecule has 3 rings (SSSR count). The minimum atomic E-state index is -0.291. The standard InChI is InChI=1S/C19H22N2O2S/c1-13(2)18(24-17-10-6-7-11-20(17)23)19(22)21-14(3)12-15-8-4-5-9-16(15)21/h4-11,13-14,18H,12H2,1-3H3/t14-,18-/m1/s1. The molecule has 4 nitrogen and oxygen atoms in total. The molecule has 2 heterocycles. The zero-order chi connectivity index (χ0) is 17.3. The monoisotopic (exact) mass is 342 g/mol. The van der Waals surface area contributed by atoms with Crippen molar-refractivity contribution in [2.75, 3.05) is 4.90 Å². The Morgan fingerprint density at radius 2 is 1.96 bits per heavy atom. The van der Waals surface area contributed by atoms with Gasteiger partial charge in [0.15, 0.2) is 6.20 Å². The fourth-order valence-corrected chi connectivity index (χ4v) is 4.21. The minimum Gasteiger partial charge on any atom is -0.618 e. The van der Waals surface area contributed by atoms with Crippen LogP contribution in [0, 0.1) is 11.1 Å². The predicted octanol–water partition coefficient (Wildman–Crippen LogP) is 3.41. The van der Waals surface area contributed by atoms with E-state index in [1.54, 1.807) is 12.1 Å². The van der Waals surface area contributed by atoms with Crippen molar-refractivity contribution >= 4 is 23.4 Å². The number of anilines is 1. The molecule has 1 aliphatic rings. The third-order valence-electron chi connectivity index (χ3n) is 4.33. The fourth-order valence-electron chi connectivity index (χ4n) is 3.14. The van der Waals surface area contributed by atoms with E-state index in [0.29, 0.717) is 5.03 Å². The van der Waals surface area contributed by atoms with Gasteiger partial charge < -0.3 is 10.1 Å². The second kappa shape index (κ2) is 6.85. The number of carbonyl (C=O) groups excluding carboxylic acids is 1. The van der Waals surface area contributed by atoms with Crippen LogP contribution in [-0.4, -0.2) is 17.2 Å². The second-order valence-electron chi connectivity index (χ2n) is 6.54. The molecule has 0 saturated heterocycles. The minimum absolute atomic E-state index is 0.0799. The summed E-state index contributed by atoms with van der Waals surface area (Å²) in [5.74, 6) is 0.207. The fraction of sp³-hybridized carbons (Fsp3) is 0.368. The number of nitrogens with zero attached hydrogens (tertiary/aromatic N) is 2. The van der Waals surface area contributed by atoms with Crippen molar-refractivity contribution in [2.24, 2.45) is 5.92 Å². The van der Waals surface area contributed by atoms with Crippen LogP contribution in [0.15, 0.2) is 53.7 Å². The molecule has 0 fully saturated rings. The van der Waals surface area contributed by atoms with Crippen LogP contribution in [0.3, 0.4) is 0 Å². The van der Waals surface area contributed by atoms with Gasteiger partial charge in [-0.1, -0.05) is 32.0 Å². The summed E-state index contributed by atoms with van der Waals surface area (Å²) < 4.78 is 0.828. The van der Waals surface area contributed by atoms with Crippen LogP contribution >= 0.6 is 11.8 Å². The Labute approximate surface area is 147 Å². The Morgan fingerprint density at radius 3 is 2.67 bits per heavy atom. The number of benzene rings is 1. The molecule has 0 aliphatic carbocycles. The SMILES string of the molecule is CC(C)[C@@H](Sc1cccc[n+]1[O-])C(=O)N1c2ccccc2C[C@H]1C. The van der Waals surface area contributed by atoms with Crippen LogP contribution < -0.4 is 9.63 Å². The van der Waals surface area contributed by atoms with E-state index in [1.807, 2.05) is 43.0 Å². The first-order valence-electron chi connectivity index (χ1n) is 8.25. The van der Waals surface area contributed by atoms with Gasteiger partial charge in [0.25, 0.3) is 5.03 Å². The van der Waals surface area contributed by atoms with Crippen LogP contribution in [-0.2, 0) is 11.2 Å². The highest BCUT2D eigenvalue weighted by Gasteiger charge is 2.37. The Morgan fingerprint density at radius 1 is 1.25 bits per heavy atom. The summed E-state index contributed by atoms with van der Waals surface area (Å²) in [7, 11) is 0. The van der Waals surface area contributed by atoms with E-state index in [0.717, 1.165) is 16.8 Å². The van der Waals surface area contributed by atoms with Crippen molar-refractivity contribution in [3.8, 4) is 0 Å². The maximum atomic E-state index is 13.3. The summed E-state index contributed by atoms with van der Waals surface area (Å²) >= 11 is 1.35. The van der Waals surface area contributed by atoms with E-state index in [1.165, 1.54) is 23.5 Å². The van der Waals surface area contributed by atoms with Crippen LogP contribution in [0.5, 0.6) is 0 Å². The Kier molecular flexibility index (Phi) is 4.81. The molecule has 126 valence electrons. The predicted molar refractivity (Wildman–Crippen MR) is 97.0 cm³/mol. The summed E-state index contributed by atoms with van der Waals surface area (Å²) in [4.78, 5) is 15.2. The number of amides is 1. The van der Waals surface area contributed by atoms with Gasteiger partial charge in [-0.2, -0.15) is 4.73 Å². The van der Waals surface area contributed by atoms with Crippen LogP contribution in [0.4, 0.5) is 5.69 Å². The average molecular weight is 342 g/mol. The van der Waals surface area contributed by atoms with E-state index in [-0.39, 0.29) is 23.1 Å². The quantitative estimate of drug-likeness (QED) is 0.486. The van der Waals surface area contributed by atoms with Crippen molar-refractivity contribution < 1.29 is 9.52 Å². The first-order valence-corrected chi connectivity index (χ1v) is 9.13. The molecule has 0 radical (unpaired) electrons. The number of fused-ring (bicyclic) bond motifs is 1. The van der Waals surface area contributed by atoms with Crippen molar-refractivity contribution in [2.45, 2.75) is 43.5 Å². The molecule has 0 unspecified atom stereocenters. The van der Waals surface area contributed by atoms with Gasteiger partial charge in [0.2, 0.25) is 5.91 Å². The molecule has 1 amide bonds. The van der Waals surface area contributed by atoms with Gasteiger partial charge in [0.1, 0.15) is 0 Å². The first kappa shape index (κ1) is 16.8. The number of thioether (sulfide) groups is 1. The lowest BCUT2D eigenvalue weighted by molar-refractivity contribution is -0.645. The summed E-state index contributed by atoms with van der Waals surface area (Å²) in [6.07, 6.45) is 2.35.